The third-order valence-corrected chi connectivity index (χ3v) is 8.15. The molecule has 0 saturated carbocycles. The first kappa shape index (κ1) is 37.5. The smallest absolute Gasteiger partial charge is 0.684 e. The Kier molecular flexibility index (Phi) is 17.0. The Bertz CT molecular complexity index is 1430. The molecule has 45 heavy (non-hydrogen) atoms. The molecule has 1 unspecified atom stereocenters. The largest absolute Gasteiger partial charge is 4.00 e. The van der Waals surface area contributed by atoms with E-state index < -0.39 is 0 Å². The molecule has 0 heterocycles. The van der Waals surface area contributed by atoms with Gasteiger partial charge in [-0.2, -0.15) is 49.2 Å². The molecule has 0 spiro atoms. The van der Waals surface area contributed by atoms with Crippen molar-refractivity contribution >= 4 is 11.4 Å². The minimum atomic E-state index is 0. The van der Waals surface area contributed by atoms with Crippen molar-refractivity contribution in [1.29, 1.82) is 0 Å². The van der Waals surface area contributed by atoms with Crippen LogP contribution in [-0.2, 0) is 26.2 Å². The summed E-state index contributed by atoms with van der Waals surface area (Å²) in [5.74, 6) is 0.422. The second-order valence-electron chi connectivity index (χ2n) is 11.3. The molecule has 5 aromatic rings. The van der Waals surface area contributed by atoms with Gasteiger partial charge in [0.05, 0.1) is 0 Å². The van der Waals surface area contributed by atoms with Gasteiger partial charge in [-0.3, -0.25) is 0 Å². The quantitative estimate of drug-likeness (QED) is 0.110. The molecule has 0 saturated heterocycles. The average Bonchev–Trinajstić information content (AvgIpc) is 3.06. The number of benzene rings is 5. The van der Waals surface area contributed by atoms with E-state index in [9.17, 15) is 0 Å². The molecule has 0 fully saturated rings. The van der Waals surface area contributed by atoms with E-state index in [1.165, 1.54) is 39.1 Å². The second-order valence-corrected chi connectivity index (χ2v) is 11.3. The molecule has 0 aliphatic heterocycles. The van der Waals surface area contributed by atoms with Gasteiger partial charge >= 0.3 is 26.2 Å². The van der Waals surface area contributed by atoms with E-state index in [4.69, 9.17) is 10.6 Å². The van der Waals surface area contributed by atoms with Gasteiger partial charge < -0.3 is 10.6 Å². The summed E-state index contributed by atoms with van der Waals surface area (Å²) in [6.45, 7) is 20.2. The zero-order valence-electron chi connectivity index (χ0n) is 27.8. The van der Waals surface area contributed by atoms with Gasteiger partial charge in [-0.15, -0.1) is 48.7 Å². The Labute approximate surface area is 292 Å². The molecule has 230 valence electrons. The van der Waals surface area contributed by atoms with Crippen molar-refractivity contribution in [2.75, 3.05) is 13.1 Å². The Morgan fingerprint density at radius 3 is 1.33 bits per heavy atom. The molecule has 5 aromatic carbocycles. The molecule has 0 N–H and O–H groups in total. The Morgan fingerprint density at radius 2 is 0.911 bits per heavy atom. The molecule has 0 aliphatic rings. The van der Waals surface area contributed by atoms with Crippen molar-refractivity contribution in [1.82, 2.24) is 0 Å². The molecular weight excluding hydrogens is 624 g/mol. The van der Waals surface area contributed by atoms with Crippen LogP contribution in [0.25, 0.3) is 10.6 Å². The predicted molar refractivity (Wildman–Crippen MR) is 193 cm³/mol. The third-order valence-electron chi connectivity index (χ3n) is 8.15. The maximum absolute atomic E-state index is 5.02. The summed E-state index contributed by atoms with van der Waals surface area (Å²) < 4.78 is 0. The van der Waals surface area contributed by atoms with Gasteiger partial charge in [0, 0.05) is 0 Å². The van der Waals surface area contributed by atoms with Gasteiger partial charge in [0.1, 0.15) is 0 Å². The van der Waals surface area contributed by atoms with Crippen LogP contribution in [-0.4, -0.2) is 13.1 Å². The van der Waals surface area contributed by atoms with Gasteiger partial charge in [0.25, 0.3) is 0 Å². The minimum Gasteiger partial charge on any atom is -0.684 e. The molecule has 2 nitrogen and oxygen atoms in total. The topological polar surface area (TPSA) is 28.2 Å². The van der Waals surface area contributed by atoms with E-state index in [-0.39, 0.29) is 26.2 Å². The van der Waals surface area contributed by atoms with Gasteiger partial charge in [-0.25, -0.2) is 0 Å². The predicted octanol–water partition coefficient (Wildman–Crippen LogP) is 12.2. The molecule has 5 rings (SSSR count). The zero-order chi connectivity index (χ0) is 31.7. The Balaban J connectivity index is 0.000000384. The van der Waals surface area contributed by atoms with Crippen molar-refractivity contribution in [2.24, 2.45) is 0 Å². The fraction of sp³-hybridized carbons (Fsp3) is 0.238. The van der Waals surface area contributed by atoms with E-state index in [2.05, 4.69) is 90.9 Å². The van der Waals surface area contributed by atoms with Gasteiger partial charge in [-0.05, 0) is 69.2 Å². The summed E-state index contributed by atoms with van der Waals surface area (Å²) in [6.07, 6.45) is 2.15. The molecular formula is C42H48N2Zr. The van der Waals surface area contributed by atoms with Crippen LogP contribution in [0.1, 0.15) is 63.3 Å². The summed E-state index contributed by atoms with van der Waals surface area (Å²) in [5.41, 5.74) is 12.6. The molecule has 0 aromatic heterocycles. The molecule has 0 amide bonds. The molecule has 3 heteroatoms. The van der Waals surface area contributed by atoms with E-state index in [0.717, 1.165) is 42.7 Å². The number of rotatable bonds is 9. The number of para-hydroxylation sites is 1. The summed E-state index contributed by atoms with van der Waals surface area (Å²) in [7, 11) is 0. The van der Waals surface area contributed by atoms with Crippen LogP contribution in [0.2, 0.25) is 0 Å². The van der Waals surface area contributed by atoms with Crippen molar-refractivity contribution in [2.45, 2.75) is 53.4 Å². The van der Waals surface area contributed by atoms with Crippen molar-refractivity contribution in [3.63, 3.8) is 0 Å². The summed E-state index contributed by atoms with van der Waals surface area (Å²) in [6, 6.07) is 40.8. The van der Waals surface area contributed by atoms with E-state index in [0.29, 0.717) is 5.92 Å². The SMILES string of the molecule is Cc1c(C)c(C)c([N-]CCCC(C[N-]c2ccccc2)c2ccccc2)c(C)c1C.[CH2-]c1ccccc1.[CH2-]c1ccccc1.[Zr+4]. The van der Waals surface area contributed by atoms with Crippen LogP contribution >= 0.6 is 0 Å². The fourth-order valence-electron chi connectivity index (χ4n) is 5.04. The van der Waals surface area contributed by atoms with E-state index >= 15 is 0 Å². The molecule has 0 aliphatic carbocycles. The van der Waals surface area contributed by atoms with Crippen LogP contribution in [0, 0.1) is 48.5 Å². The Morgan fingerprint density at radius 1 is 0.511 bits per heavy atom. The normalized spacial score (nSPS) is 10.6. The summed E-state index contributed by atoms with van der Waals surface area (Å²) in [5, 5.41) is 9.87. The van der Waals surface area contributed by atoms with Crippen LogP contribution in [0.3, 0.4) is 0 Å². The molecule has 0 radical (unpaired) electrons. The first-order valence-corrected chi connectivity index (χ1v) is 15.5. The first-order valence-electron chi connectivity index (χ1n) is 15.5. The fourth-order valence-corrected chi connectivity index (χ4v) is 5.04. The monoisotopic (exact) mass is 670 g/mol. The minimum absolute atomic E-state index is 0. The van der Waals surface area contributed by atoms with Crippen LogP contribution < -0.4 is 0 Å². The van der Waals surface area contributed by atoms with Gasteiger partial charge in [0.15, 0.2) is 0 Å². The van der Waals surface area contributed by atoms with Crippen molar-refractivity contribution in [3.8, 4) is 0 Å². The third kappa shape index (κ3) is 12.7. The second kappa shape index (κ2) is 20.4. The standard InChI is InChI=1S/C28H34N2.2C7H7.Zr/c1-20-21(2)23(4)28(24(5)22(20)3)29-18-12-15-26(25-13-8-6-9-14-25)19-30-27-16-10-7-11-17-27;2*1-7-5-3-2-4-6-7;/h6-11,13-14,16-17,26H,12,15,18-19H2,1-5H3;2*2-6H,1H2;/q-2;2*-1;+4. The van der Waals surface area contributed by atoms with Gasteiger partial charge in [-0.1, -0.05) is 90.3 Å². The van der Waals surface area contributed by atoms with Crippen LogP contribution in [0.5, 0.6) is 0 Å². The van der Waals surface area contributed by atoms with Crippen LogP contribution in [0.15, 0.2) is 121 Å². The maximum atomic E-state index is 5.02. The number of hydrogen-bond acceptors (Lipinski definition) is 0. The summed E-state index contributed by atoms with van der Waals surface area (Å²) >= 11 is 0. The first-order chi connectivity index (χ1) is 21.3. The number of hydrogen-bond donors (Lipinski definition) is 0. The Hall–Kier alpha value is -3.68. The number of nitrogens with zero attached hydrogens (tertiary/aromatic N) is 2. The van der Waals surface area contributed by atoms with E-state index in [1.807, 2.05) is 78.9 Å². The van der Waals surface area contributed by atoms with Crippen molar-refractivity contribution < 1.29 is 26.2 Å². The summed E-state index contributed by atoms with van der Waals surface area (Å²) in [4.78, 5) is 0. The van der Waals surface area contributed by atoms with E-state index in [1.54, 1.807) is 0 Å². The average molecular weight is 672 g/mol. The zero-order valence-corrected chi connectivity index (χ0v) is 30.2. The van der Waals surface area contributed by atoms with Gasteiger partial charge in [0.2, 0.25) is 0 Å². The van der Waals surface area contributed by atoms with Crippen LogP contribution in [0.4, 0.5) is 11.4 Å². The molecule has 1 atom stereocenters. The van der Waals surface area contributed by atoms with Crippen molar-refractivity contribution in [3.05, 3.63) is 190 Å². The maximum Gasteiger partial charge on any atom is 4.00 e. The molecule has 0 bridgehead atoms.